The smallest absolute Gasteiger partial charge is 0.329 e. The minimum Gasteiger partial charge on any atom is -0.365 e. The first kappa shape index (κ1) is 20.8. The topological polar surface area (TPSA) is 52.7 Å². The van der Waals surface area contributed by atoms with Gasteiger partial charge in [0.15, 0.2) is 0 Å². The Morgan fingerprint density at radius 1 is 1.13 bits per heavy atom. The van der Waals surface area contributed by atoms with E-state index in [2.05, 4.69) is 50.2 Å². The zero-order valence-corrected chi connectivity index (χ0v) is 18.4. The summed E-state index contributed by atoms with van der Waals surface area (Å²) in [5.41, 5.74) is 5.65. The van der Waals surface area contributed by atoms with Crippen molar-refractivity contribution < 1.29 is 14.0 Å². The third kappa shape index (κ3) is 3.63. The number of carbonyl (C=O) groups excluding carboxylic acids is 2. The van der Waals surface area contributed by atoms with Gasteiger partial charge in [-0.3, -0.25) is 9.69 Å². The van der Waals surface area contributed by atoms with E-state index in [9.17, 15) is 14.0 Å². The molecule has 0 atom stereocenters. The second-order valence-corrected chi connectivity index (χ2v) is 8.74. The van der Waals surface area contributed by atoms with Crippen molar-refractivity contribution in [3.63, 3.8) is 0 Å². The van der Waals surface area contributed by atoms with Crippen LogP contribution in [0, 0.1) is 12.7 Å². The van der Waals surface area contributed by atoms with Gasteiger partial charge in [-0.1, -0.05) is 24.3 Å². The molecule has 1 fully saturated rings. The molecule has 4 rings (SSSR count). The first-order valence-corrected chi connectivity index (χ1v) is 10.2. The van der Waals surface area contributed by atoms with Gasteiger partial charge in [-0.25, -0.2) is 9.18 Å². The Kier molecular flexibility index (Phi) is 4.96. The molecule has 2 aromatic rings. The summed E-state index contributed by atoms with van der Waals surface area (Å²) in [5.74, 6) is -0.906. The standard InChI is InChI=1S/C25H26FN3O2/c1-15-10-22-19(16(2)13-25(3,4)28(22)5)11-18(15)12-21-23(30)29(24(31)27-21)14-17-8-6-7-9-20(17)26/h6-13H,14H2,1-5H3,(H,27,31)/b21-12+. The van der Waals surface area contributed by atoms with Crippen LogP contribution in [0.2, 0.25) is 0 Å². The van der Waals surface area contributed by atoms with Crippen LogP contribution < -0.4 is 10.2 Å². The summed E-state index contributed by atoms with van der Waals surface area (Å²) in [7, 11) is 2.07. The first-order chi connectivity index (χ1) is 14.6. The molecule has 3 amide bonds. The van der Waals surface area contributed by atoms with Crippen molar-refractivity contribution >= 4 is 29.3 Å². The minimum absolute atomic E-state index is 0.0912. The van der Waals surface area contributed by atoms with Gasteiger partial charge in [0.05, 0.1) is 12.1 Å². The van der Waals surface area contributed by atoms with E-state index in [-0.39, 0.29) is 17.8 Å². The Hall–Kier alpha value is -3.41. The number of nitrogens with zero attached hydrogens (tertiary/aromatic N) is 2. The van der Waals surface area contributed by atoms with Gasteiger partial charge < -0.3 is 10.2 Å². The van der Waals surface area contributed by atoms with Gasteiger partial charge in [-0.15, -0.1) is 0 Å². The van der Waals surface area contributed by atoms with Crippen molar-refractivity contribution in [1.29, 1.82) is 0 Å². The number of anilines is 1. The fourth-order valence-corrected chi connectivity index (χ4v) is 4.14. The number of amides is 3. The Morgan fingerprint density at radius 3 is 2.55 bits per heavy atom. The molecule has 1 saturated heterocycles. The average Bonchev–Trinajstić information content (AvgIpc) is 2.96. The molecule has 0 aliphatic carbocycles. The maximum atomic E-state index is 14.0. The number of fused-ring (bicyclic) bond motifs is 1. The van der Waals surface area contributed by atoms with Crippen molar-refractivity contribution in [2.24, 2.45) is 0 Å². The lowest BCUT2D eigenvalue weighted by Gasteiger charge is -2.41. The second-order valence-electron chi connectivity index (χ2n) is 8.74. The van der Waals surface area contributed by atoms with Crippen LogP contribution in [0.4, 0.5) is 14.9 Å². The number of halogens is 1. The maximum absolute atomic E-state index is 14.0. The molecular formula is C25H26FN3O2. The number of likely N-dealkylation sites (N-methyl/N-ethyl adjacent to an activating group) is 1. The van der Waals surface area contributed by atoms with Gasteiger partial charge in [0.25, 0.3) is 5.91 Å². The summed E-state index contributed by atoms with van der Waals surface area (Å²) in [6.45, 7) is 8.29. The van der Waals surface area contributed by atoms with Crippen LogP contribution in [0.25, 0.3) is 11.6 Å². The zero-order valence-electron chi connectivity index (χ0n) is 18.4. The van der Waals surface area contributed by atoms with Crippen molar-refractivity contribution in [3.05, 3.63) is 76.2 Å². The highest BCUT2D eigenvalue weighted by Crippen LogP contribution is 2.39. The molecule has 31 heavy (non-hydrogen) atoms. The number of carbonyl (C=O) groups is 2. The second kappa shape index (κ2) is 7.38. The van der Waals surface area contributed by atoms with Gasteiger partial charge in [-0.2, -0.15) is 0 Å². The van der Waals surface area contributed by atoms with E-state index >= 15 is 0 Å². The fraction of sp³-hybridized carbons (Fsp3) is 0.280. The largest absolute Gasteiger partial charge is 0.365 e. The Balaban J connectivity index is 1.67. The molecule has 0 unspecified atom stereocenters. The van der Waals surface area contributed by atoms with Gasteiger partial charge >= 0.3 is 6.03 Å². The van der Waals surface area contributed by atoms with Crippen molar-refractivity contribution in [3.8, 4) is 0 Å². The van der Waals surface area contributed by atoms with Crippen LogP contribution in [0.3, 0.4) is 0 Å². The van der Waals surface area contributed by atoms with E-state index in [4.69, 9.17) is 0 Å². The number of benzene rings is 2. The highest BCUT2D eigenvalue weighted by Gasteiger charge is 2.34. The van der Waals surface area contributed by atoms with Gasteiger partial charge in [0.2, 0.25) is 0 Å². The Labute approximate surface area is 181 Å². The van der Waals surface area contributed by atoms with E-state index in [1.165, 1.54) is 11.6 Å². The molecule has 160 valence electrons. The highest BCUT2D eigenvalue weighted by atomic mass is 19.1. The molecule has 2 aliphatic heterocycles. The zero-order chi connectivity index (χ0) is 22.5. The van der Waals surface area contributed by atoms with Crippen LogP contribution in [0.1, 0.15) is 43.0 Å². The molecule has 0 saturated carbocycles. The van der Waals surface area contributed by atoms with Crippen LogP contribution in [-0.4, -0.2) is 29.4 Å². The van der Waals surface area contributed by atoms with Crippen molar-refractivity contribution in [1.82, 2.24) is 10.2 Å². The molecule has 0 aromatic heterocycles. The summed E-state index contributed by atoms with van der Waals surface area (Å²) in [5, 5.41) is 2.63. The number of hydrogen-bond acceptors (Lipinski definition) is 3. The lowest BCUT2D eigenvalue weighted by molar-refractivity contribution is -0.123. The van der Waals surface area contributed by atoms with E-state index in [0.717, 1.165) is 27.3 Å². The molecule has 0 bridgehead atoms. The lowest BCUT2D eigenvalue weighted by Crippen LogP contribution is -2.42. The normalized spacial score (nSPS) is 18.9. The lowest BCUT2D eigenvalue weighted by atomic mass is 9.87. The third-order valence-corrected chi connectivity index (χ3v) is 6.15. The van der Waals surface area contributed by atoms with Crippen LogP contribution in [-0.2, 0) is 11.3 Å². The fourth-order valence-electron chi connectivity index (χ4n) is 4.14. The molecule has 2 heterocycles. The van der Waals surface area contributed by atoms with E-state index < -0.39 is 17.8 Å². The van der Waals surface area contributed by atoms with Gasteiger partial charge in [0.1, 0.15) is 11.5 Å². The average molecular weight is 420 g/mol. The molecule has 0 radical (unpaired) electrons. The molecule has 6 heteroatoms. The molecule has 5 nitrogen and oxygen atoms in total. The number of aryl methyl sites for hydroxylation is 1. The van der Waals surface area contributed by atoms with E-state index in [0.29, 0.717) is 5.56 Å². The van der Waals surface area contributed by atoms with Gasteiger partial charge in [0, 0.05) is 23.9 Å². The van der Waals surface area contributed by atoms with E-state index in [1.54, 1.807) is 24.3 Å². The Bertz CT molecular complexity index is 1160. The summed E-state index contributed by atoms with van der Waals surface area (Å²) in [6, 6.07) is 9.75. The van der Waals surface area contributed by atoms with Crippen molar-refractivity contribution in [2.75, 3.05) is 11.9 Å². The first-order valence-electron chi connectivity index (χ1n) is 10.2. The Morgan fingerprint density at radius 2 is 1.84 bits per heavy atom. The summed E-state index contributed by atoms with van der Waals surface area (Å²) >= 11 is 0. The number of urea groups is 1. The summed E-state index contributed by atoms with van der Waals surface area (Å²) in [6.07, 6.45) is 3.92. The number of rotatable bonds is 3. The summed E-state index contributed by atoms with van der Waals surface area (Å²) in [4.78, 5) is 28.5. The molecule has 0 spiro atoms. The molecule has 2 aliphatic rings. The number of hydrogen-bond donors (Lipinski definition) is 1. The summed E-state index contributed by atoms with van der Waals surface area (Å²) < 4.78 is 14.0. The third-order valence-electron chi connectivity index (χ3n) is 6.15. The van der Waals surface area contributed by atoms with Crippen molar-refractivity contribution in [2.45, 2.75) is 39.8 Å². The molecular weight excluding hydrogens is 393 g/mol. The maximum Gasteiger partial charge on any atom is 0.329 e. The predicted octanol–water partition coefficient (Wildman–Crippen LogP) is 4.86. The number of allylic oxidation sites excluding steroid dienone is 1. The predicted molar refractivity (Wildman–Crippen MR) is 121 cm³/mol. The SMILES string of the molecule is CC1=CC(C)(C)N(C)c2cc(C)c(/C=C3/NC(=O)N(Cc4ccccc4F)C3=O)cc21. The molecule has 1 N–H and O–H groups in total. The number of imide groups is 1. The van der Waals surface area contributed by atoms with Crippen LogP contribution >= 0.6 is 0 Å². The molecule has 2 aromatic carbocycles. The van der Waals surface area contributed by atoms with Gasteiger partial charge in [-0.05, 0) is 68.7 Å². The van der Waals surface area contributed by atoms with Crippen LogP contribution in [0.15, 0.2) is 48.2 Å². The number of nitrogens with one attached hydrogen (secondary N) is 1. The highest BCUT2D eigenvalue weighted by molar-refractivity contribution is 6.14. The minimum atomic E-state index is -0.548. The monoisotopic (exact) mass is 419 g/mol. The van der Waals surface area contributed by atoms with E-state index in [1.807, 2.05) is 13.0 Å². The van der Waals surface area contributed by atoms with Crippen LogP contribution in [0.5, 0.6) is 0 Å². The quantitative estimate of drug-likeness (QED) is 0.571.